The van der Waals surface area contributed by atoms with E-state index in [-0.39, 0.29) is 0 Å². The van der Waals surface area contributed by atoms with Crippen molar-refractivity contribution in [2.45, 2.75) is 6.54 Å². The van der Waals surface area contributed by atoms with Crippen molar-refractivity contribution in [3.8, 4) is 0 Å². The third-order valence-corrected chi connectivity index (χ3v) is 2.21. The highest BCUT2D eigenvalue weighted by molar-refractivity contribution is 5.35. The van der Waals surface area contributed by atoms with Crippen LogP contribution in [0.3, 0.4) is 0 Å². The minimum atomic E-state index is 0.655. The fourth-order valence-electron chi connectivity index (χ4n) is 1.61. The van der Waals surface area contributed by atoms with Gasteiger partial charge in [-0.25, -0.2) is 4.68 Å². The molecule has 2 heterocycles. The van der Waals surface area contributed by atoms with Crippen molar-refractivity contribution >= 4 is 5.82 Å². The molecule has 0 saturated carbocycles. The van der Waals surface area contributed by atoms with Crippen molar-refractivity contribution in [1.29, 1.82) is 0 Å². The first-order valence-electron chi connectivity index (χ1n) is 4.30. The summed E-state index contributed by atoms with van der Waals surface area (Å²) in [6, 6.07) is 2.01. The van der Waals surface area contributed by atoms with Gasteiger partial charge in [0.1, 0.15) is 5.82 Å². The molecule has 2 rings (SSSR count). The van der Waals surface area contributed by atoms with Gasteiger partial charge in [0.25, 0.3) is 0 Å². The lowest BCUT2D eigenvalue weighted by Gasteiger charge is -2.24. The minimum Gasteiger partial charge on any atom is -0.370 e. The van der Waals surface area contributed by atoms with Gasteiger partial charge in [0.05, 0.1) is 6.20 Å². The molecule has 1 atom stereocenters. The van der Waals surface area contributed by atoms with Gasteiger partial charge in [0.2, 0.25) is 0 Å². The van der Waals surface area contributed by atoms with Crippen LogP contribution >= 0.6 is 0 Å². The monoisotopic (exact) mass is 166 g/mol. The number of aromatic nitrogens is 2. The zero-order valence-corrected chi connectivity index (χ0v) is 7.25. The Morgan fingerprint density at radius 2 is 2.75 bits per heavy atom. The van der Waals surface area contributed by atoms with Gasteiger partial charge < -0.3 is 10.6 Å². The van der Waals surface area contributed by atoms with E-state index in [9.17, 15) is 0 Å². The van der Waals surface area contributed by atoms with Crippen molar-refractivity contribution in [3.05, 3.63) is 12.3 Å². The van der Waals surface area contributed by atoms with Crippen LogP contribution in [0.4, 0.5) is 5.82 Å². The van der Waals surface area contributed by atoms with Gasteiger partial charge in [-0.3, -0.25) is 0 Å². The fourth-order valence-corrected chi connectivity index (χ4v) is 1.61. The Labute approximate surface area is 72.0 Å². The molecular formula is C8H14N4. The first kappa shape index (κ1) is 7.61. The number of hydrogen-bond donors (Lipinski definition) is 2. The first-order chi connectivity index (χ1) is 5.90. The molecule has 66 valence electrons. The summed E-state index contributed by atoms with van der Waals surface area (Å²) in [5, 5.41) is 10.7. The summed E-state index contributed by atoms with van der Waals surface area (Å²) in [5.41, 5.74) is 0. The molecular weight excluding hydrogens is 152 g/mol. The van der Waals surface area contributed by atoms with Crippen molar-refractivity contribution < 1.29 is 0 Å². The first-order valence-corrected chi connectivity index (χ1v) is 4.30. The third-order valence-electron chi connectivity index (χ3n) is 2.21. The maximum atomic E-state index is 4.22. The van der Waals surface area contributed by atoms with Gasteiger partial charge in [-0.05, 0) is 7.05 Å². The zero-order chi connectivity index (χ0) is 8.39. The molecule has 4 nitrogen and oxygen atoms in total. The number of anilines is 1. The van der Waals surface area contributed by atoms with E-state index in [0.717, 1.165) is 25.5 Å². The average Bonchev–Trinajstić information content (AvgIpc) is 2.51. The second kappa shape index (κ2) is 3.15. The van der Waals surface area contributed by atoms with Crippen LogP contribution in [-0.2, 0) is 6.54 Å². The SMILES string of the molecule is CNCC1CNc2ccnn2C1. The Kier molecular flexibility index (Phi) is 1.99. The van der Waals surface area contributed by atoms with Crippen LogP contribution in [0, 0.1) is 5.92 Å². The average molecular weight is 166 g/mol. The molecule has 1 aliphatic heterocycles. The molecule has 1 aromatic heterocycles. The third kappa shape index (κ3) is 1.30. The molecule has 0 amide bonds. The number of fused-ring (bicyclic) bond motifs is 1. The smallest absolute Gasteiger partial charge is 0.124 e. The van der Waals surface area contributed by atoms with Crippen LogP contribution in [-0.4, -0.2) is 29.9 Å². The van der Waals surface area contributed by atoms with E-state index in [1.165, 1.54) is 0 Å². The Morgan fingerprint density at radius 1 is 1.83 bits per heavy atom. The number of nitrogens with zero attached hydrogens (tertiary/aromatic N) is 2. The van der Waals surface area contributed by atoms with Crippen LogP contribution < -0.4 is 10.6 Å². The van der Waals surface area contributed by atoms with Gasteiger partial charge in [-0.15, -0.1) is 0 Å². The van der Waals surface area contributed by atoms with Crippen LogP contribution in [0.15, 0.2) is 12.3 Å². The number of rotatable bonds is 2. The molecule has 0 saturated heterocycles. The standard InChI is InChI=1S/C8H14N4/c1-9-4-7-5-10-8-2-3-11-12(8)6-7/h2-3,7,9-10H,4-6H2,1H3. The quantitative estimate of drug-likeness (QED) is 0.657. The lowest BCUT2D eigenvalue weighted by atomic mass is 10.1. The normalized spacial score (nSPS) is 21.6. The largest absolute Gasteiger partial charge is 0.370 e. The zero-order valence-electron chi connectivity index (χ0n) is 7.25. The highest BCUT2D eigenvalue weighted by atomic mass is 15.3. The lowest BCUT2D eigenvalue weighted by Crippen LogP contribution is -2.34. The van der Waals surface area contributed by atoms with Gasteiger partial charge in [-0.2, -0.15) is 5.10 Å². The Morgan fingerprint density at radius 3 is 3.58 bits per heavy atom. The van der Waals surface area contributed by atoms with Gasteiger partial charge in [-0.1, -0.05) is 0 Å². The molecule has 4 heteroatoms. The van der Waals surface area contributed by atoms with Crippen LogP contribution in [0.5, 0.6) is 0 Å². The van der Waals surface area contributed by atoms with Gasteiger partial charge in [0.15, 0.2) is 0 Å². The maximum Gasteiger partial charge on any atom is 0.124 e. The summed E-state index contributed by atoms with van der Waals surface area (Å²) in [5.74, 6) is 1.80. The van der Waals surface area contributed by atoms with E-state index < -0.39 is 0 Å². The molecule has 1 unspecified atom stereocenters. The summed E-state index contributed by atoms with van der Waals surface area (Å²) in [7, 11) is 1.98. The summed E-state index contributed by atoms with van der Waals surface area (Å²) < 4.78 is 2.02. The van der Waals surface area contributed by atoms with E-state index in [2.05, 4.69) is 15.7 Å². The predicted octanol–water partition coefficient (Wildman–Crippen LogP) is 0.144. The van der Waals surface area contributed by atoms with E-state index in [4.69, 9.17) is 0 Å². The van der Waals surface area contributed by atoms with Crippen molar-refractivity contribution in [2.24, 2.45) is 5.92 Å². The Hall–Kier alpha value is -1.03. The number of hydrogen-bond acceptors (Lipinski definition) is 3. The van der Waals surface area contributed by atoms with Crippen molar-refractivity contribution in [2.75, 3.05) is 25.5 Å². The van der Waals surface area contributed by atoms with E-state index >= 15 is 0 Å². The molecule has 0 aliphatic carbocycles. The maximum absolute atomic E-state index is 4.22. The van der Waals surface area contributed by atoms with Crippen molar-refractivity contribution in [1.82, 2.24) is 15.1 Å². The molecule has 0 radical (unpaired) electrons. The molecule has 0 bridgehead atoms. The Bertz CT molecular complexity index is 255. The van der Waals surface area contributed by atoms with E-state index in [1.807, 2.05) is 24.0 Å². The molecule has 0 aromatic carbocycles. The second-order valence-corrected chi connectivity index (χ2v) is 3.20. The van der Waals surface area contributed by atoms with Gasteiger partial charge in [0, 0.05) is 31.6 Å². The van der Waals surface area contributed by atoms with E-state index in [0.29, 0.717) is 5.92 Å². The fraction of sp³-hybridized carbons (Fsp3) is 0.625. The minimum absolute atomic E-state index is 0.655. The van der Waals surface area contributed by atoms with Crippen LogP contribution in [0.25, 0.3) is 0 Å². The molecule has 2 N–H and O–H groups in total. The molecule has 1 aromatic rings. The van der Waals surface area contributed by atoms with Gasteiger partial charge >= 0.3 is 0 Å². The van der Waals surface area contributed by atoms with Crippen molar-refractivity contribution in [3.63, 3.8) is 0 Å². The molecule has 1 aliphatic rings. The lowest BCUT2D eigenvalue weighted by molar-refractivity contribution is 0.402. The molecule has 12 heavy (non-hydrogen) atoms. The second-order valence-electron chi connectivity index (χ2n) is 3.20. The summed E-state index contributed by atoms with van der Waals surface area (Å²) in [6.45, 7) is 3.12. The summed E-state index contributed by atoms with van der Waals surface area (Å²) >= 11 is 0. The summed E-state index contributed by atoms with van der Waals surface area (Å²) in [4.78, 5) is 0. The van der Waals surface area contributed by atoms with E-state index in [1.54, 1.807) is 0 Å². The molecule has 0 fully saturated rings. The highest BCUT2D eigenvalue weighted by Crippen LogP contribution is 2.15. The molecule has 0 spiro atoms. The van der Waals surface area contributed by atoms with Crippen LogP contribution in [0.1, 0.15) is 0 Å². The highest BCUT2D eigenvalue weighted by Gasteiger charge is 2.16. The van der Waals surface area contributed by atoms with Crippen LogP contribution in [0.2, 0.25) is 0 Å². The Balaban J connectivity index is 2.05. The predicted molar refractivity (Wildman–Crippen MR) is 48.1 cm³/mol. The topological polar surface area (TPSA) is 41.9 Å². The summed E-state index contributed by atoms with van der Waals surface area (Å²) in [6.07, 6.45) is 1.84. The number of nitrogens with one attached hydrogen (secondary N) is 2.